The van der Waals surface area contributed by atoms with Crippen molar-refractivity contribution >= 4 is 5.69 Å². The second kappa shape index (κ2) is 7.08. The topological polar surface area (TPSA) is 15.3 Å². The average Bonchev–Trinajstić information content (AvgIpc) is 2.98. The zero-order chi connectivity index (χ0) is 14.5. The number of nitrogens with zero attached hydrogens (tertiary/aromatic N) is 1. The van der Waals surface area contributed by atoms with Crippen LogP contribution in [0.5, 0.6) is 0 Å². The fourth-order valence-corrected chi connectivity index (χ4v) is 3.42. The minimum absolute atomic E-state index is 0.155. The Labute approximate surface area is 127 Å². The maximum atomic E-state index is 13.0. The molecule has 1 aromatic carbocycles. The minimum Gasteiger partial charge on any atom is -0.371 e. The Morgan fingerprint density at radius 1 is 1.05 bits per heavy atom. The van der Waals surface area contributed by atoms with E-state index in [0.717, 1.165) is 37.8 Å². The summed E-state index contributed by atoms with van der Waals surface area (Å²) in [4.78, 5) is 2.37. The molecule has 1 aliphatic heterocycles. The molecule has 0 saturated carbocycles. The minimum atomic E-state index is -0.155. The maximum Gasteiger partial charge on any atom is 0.123 e. The van der Waals surface area contributed by atoms with Gasteiger partial charge in [-0.15, -0.1) is 0 Å². The Balaban J connectivity index is 1.40. The lowest BCUT2D eigenvalue weighted by Crippen LogP contribution is -2.30. The highest BCUT2D eigenvalue weighted by molar-refractivity contribution is 5.47. The van der Waals surface area contributed by atoms with Crippen molar-refractivity contribution in [2.45, 2.75) is 25.7 Å². The highest BCUT2D eigenvalue weighted by Gasteiger charge is 2.22. The van der Waals surface area contributed by atoms with E-state index in [1.807, 2.05) is 12.1 Å². The van der Waals surface area contributed by atoms with Gasteiger partial charge in [0.2, 0.25) is 0 Å². The molecule has 114 valence electrons. The predicted molar refractivity (Wildman–Crippen MR) is 86.1 cm³/mol. The van der Waals surface area contributed by atoms with Crippen molar-refractivity contribution in [2.24, 2.45) is 11.8 Å². The summed E-state index contributed by atoms with van der Waals surface area (Å²) in [6.45, 7) is 4.43. The molecule has 3 rings (SSSR count). The molecule has 1 N–H and O–H groups in total. The first-order valence-corrected chi connectivity index (χ1v) is 8.17. The third-order valence-electron chi connectivity index (χ3n) is 4.72. The van der Waals surface area contributed by atoms with Crippen molar-refractivity contribution < 1.29 is 4.39 Å². The zero-order valence-corrected chi connectivity index (χ0v) is 12.6. The summed E-state index contributed by atoms with van der Waals surface area (Å²) >= 11 is 0. The van der Waals surface area contributed by atoms with Crippen molar-refractivity contribution in [2.75, 3.05) is 31.1 Å². The number of nitrogens with one attached hydrogen (secondary N) is 1. The van der Waals surface area contributed by atoms with Crippen LogP contribution in [0.4, 0.5) is 10.1 Å². The van der Waals surface area contributed by atoms with E-state index in [2.05, 4.69) is 22.4 Å². The monoisotopic (exact) mass is 288 g/mol. The van der Waals surface area contributed by atoms with Gasteiger partial charge in [0.25, 0.3) is 0 Å². The van der Waals surface area contributed by atoms with Crippen LogP contribution in [-0.4, -0.2) is 26.2 Å². The van der Waals surface area contributed by atoms with Gasteiger partial charge in [-0.05, 0) is 74.9 Å². The summed E-state index contributed by atoms with van der Waals surface area (Å²) in [5.41, 5.74) is 1.15. The molecule has 21 heavy (non-hydrogen) atoms. The van der Waals surface area contributed by atoms with Gasteiger partial charge in [-0.2, -0.15) is 0 Å². The first-order valence-electron chi connectivity index (χ1n) is 8.17. The molecule has 1 saturated heterocycles. The van der Waals surface area contributed by atoms with Crippen LogP contribution < -0.4 is 10.2 Å². The quantitative estimate of drug-likeness (QED) is 0.833. The molecule has 1 aliphatic carbocycles. The first-order chi connectivity index (χ1) is 10.3. The number of hydrogen-bond donors (Lipinski definition) is 1. The van der Waals surface area contributed by atoms with Crippen molar-refractivity contribution in [1.29, 1.82) is 0 Å². The molecular formula is C18H25FN2. The zero-order valence-electron chi connectivity index (χ0n) is 12.6. The third kappa shape index (κ3) is 4.07. The molecular weight excluding hydrogens is 263 g/mol. The van der Waals surface area contributed by atoms with E-state index in [9.17, 15) is 4.39 Å². The van der Waals surface area contributed by atoms with E-state index in [1.54, 1.807) is 12.1 Å². The highest BCUT2D eigenvalue weighted by atomic mass is 19.1. The summed E-state index contributed by atoms with van der Waals surface area (Å²) in [6, 6.07) is 6.88. The van der Waals surface area contributed by atoms with E-state index in [1.165, 1.54) is 25.7 Å². The van der Waals surface area contributed by atoms with E-state index in [0.29, 0.717) is 5.92 Å². The van der Waals surface area contributed by atoms with Crippen LogP contribution in [0, 0.1) is 17.7 Å². The number of halogens is 1. The van der Waals surface area contributed by atoms with Crippen LogP contribution in [0.1, 0.15) is 25.7 Å². The van der Waals surface area contributed by atoms with Crippen molar-refractivity contribution in [3.63, 3.8) is 0 Å². The molecule has 0 spiro atoms. The van der Waals surface area contributed by atoms with Crippen LogP contribution >= 0.6 is 0 Å². The van der Waals surface area contributed by atoms with Crippen LogP contribution in [0.2, 0.25) is 0 Å². The lowest BCUT2D eigenvalue weighted by atomic mass is 9.94. The molecule has 3 heteroatoms. The van der Waals surface area contributed by atoms with Crippen LogP contribution in [0.25, 0.3) is 0 Å². The summed E-state index contributed by atoms with van der Waals surface area (Å²) in [5, 5.41) is 3.66. The van der Waals surface area contributed by atoms with Gasteiger partial charge < -0.3 is 10.2 Å². The van der Waals surface area contributed by atoms with Gasteiger partial charge in [0, 0.05) is 18.8 Å². The standard InChI is InChI=1S/C18H25FN2/c19-17-6-8-18(9-7-17)21-11-10-16(14-21)13-20-12-15-4-2-1-3-5-15/h1-2,6-9,15-16,20H,3-5,10-14H2. The van der Waals surface area contributed by atoms with Gasteiger partial charge in [0.15, 0.2) is 0 Å². The number of rotatable bonds is 5. The largest absolute Gasteiger partial charge is 0.371 e. The van der Waals surface area contributed by atoms with Gasteiger partial charge in [0.05, 0.1) is 0 Å². The molecule has 2 unspecified atom stereocenters. The molecule has 1 heterocycles. The lowest BCUT2D eigenvalue weighted by molar-refractivity contribution is 0.415. The van der Waals surface area contributed by atoms with Crippen molar-refractivity contribution in [1.82, 2.24) is 5.32 Å². The van der Waals surface area contributed by atoms with Gasteiger partial charge in [-0.3, -0.25) is 0 Å². The molecule has 2 atom stereocenters. The van der Waals surface area contributed by atoms with E-state index in [4.69, 9.17) is 0 Å². The number of hydrogen-bond acceptors (Lipinski definition) is 2. The van der Waals surface area contributed by atoms with Crippen LogP contribution in [0.15, 0.2) is 36.4 Å². The number of benzene rings is 1. The van der Waals surface area contributed by atoms with Gasteiger partial charge in [0.1, 0.15) is 5.82 Å². The SMILES string of the molecule is Fc1ccc(N2CCC(CNCC3CC=CCC3)C2)cc1. The van der Waals surface area contributed by atoms with Gasteiger partial charge in [-0.25, -0.2) is 4.39 Å². The van der Waals surface area contributed by atoms with Crippen LogP contribution in [-0.2, 0) is 0 Å². The second-order valence-corrected chi connectivity index (χ2v) is 6.39. The Morgan fingerprint density at radius 2 is 1.86 bits per heavy atom. The molecule has 1 fully saturated rings. The predicted octanol–water partition coefficient (Wildman–Crippen LogP) is 3.60. The Kier molecular flexibility index (Phi) is 4.91. The van der Waals surface area contributed by atoms with E-state index < -0.39 is 0 Å². The average molecular weight is 288 g/mol. The Hall–Kier alpha value is -1.35. The number of allylic oxidation sites excluding steroid dienone is 2. The Morgan fingerprint density at radius 3 is 2.62 bits per heavy atom. The molecule has 0 aromatic heterocycles. The summed E-state index contributed by atoms with van der Waals surface area (Å²) < 4.78 is 13.0. The van der Waals surface area contributed by atoms with Crippen molar-refractivity contribution in [3.05, 3.63) is 42.2 Å². The molecule has 2 nitrogen and oxygen atoms in total. The molecule has 1 aromatic rings. The number of anilines is 1. The van der Waals surface area contributed by atoms with E-state index in [-0.39, 0.29) is 5.82 Å². The first kappa shape index (κ1) is 14.6. The van der Waals surface area contributed by atoms with Crippen LogP contribution in [0.3, 0.4) is 0 Å². The molecule has 0 bridgehead atoms. The Bertz CT molecular complexity index is 469. The summed E-state index contributed by atoms with van der Waals surface area (Å²) in [6.07, 6.45) is 9.66. The smallest absolute Gasteiger partial charge is 0.123 e. The normalized spacial score (nSPS) is 25.5. The molecule has 0 radical (unpaired) electrons. The highest BCUT2D eigenvalue weighted by Crippen LogP contribution is 2.24. The van der Waals surface area contributed by atoms with Gasteiger partial charge >= 0.3 is 0 Å². The molecule has 0 amide bonds. The van der Waals surface area contributed by atoms with Crippen molar-refractivity contribution in [3.8, 4) is 0 Å². The van der Waals surface area contributed by atoms with Gasteiger partial charge in [-0.1, -0.05) is 12.2 Å². The second-order valence-electron chi connectivity index (χ2n) is 6.39. The maximum absolute atomic E-state index is 13.0. The fraction of sp³-hybridized carbons (Fsp3) is 0.556. The molecule has 2 aliphatic rings. The lowest BCUT2D eigenvalue weighted by Gasteiger charge is -2.21. The third-order valence-corrected chi connectivity index (χ3v) is 4.72. The summed E-state index contributed by atoms with van der Waals surface area (Å²) in [7, 11) is 0. The summed E-state index contributed by atoms with van der Waals surface area (Å²) in [5.74, 6) is 1.39. The fourth-order valence-electron chi connectivity index (χ4n) is 3.42. The van der Waals surface area contributed by atoms with E-state index >= 15 is 0 Å².